The van der Waals surface area contributed by atoms with Crippen molar-refractivity contribution in [3.05, 3.63) is 99.5 Å². The molecule has 0 unspecified atom stereocenters. The van der Waals surface area contributed by atoms with Gasteiger partial charge in [-0.2, -0.15) is 16.1 Å². The molecule has 8 heteroatoms. The minimum Gasteiger partial charge on any atom is -0.481 e. The van der Waals surface area contributed by atoms with Gasteiger partial charge in [-0.3, -0.25) is 4.79 Å². The highest BCUT2D eigenvalue weighted by atomic mass is 79.9. The van der Waals surface area contributed by atoms with E-state index in [1.807, 2.05) is 69.3 Å². The van der Waals surface area contributed by atoms with Crippen molar-refractivity contribution >= 4 is 43.7 Å². The van der Waals surface area contributed by atoms with E-state index < -0.39 is 39.2 Å². The predicted molar refractivity (Wildman–Crippen MR) is 149 cm³/mol. The van der Waals surface area contributed by atoms with Gasteiger partial charge in [-0.25, -0.2) is 8.42 Å². The topological polar surface area (TPSA) is 74.7 Å². The van der Waals surface area contributed by atoms with Gasteiger partial charge in [0.25, 0.3) is 0 Å². The minimum atomic E-state index is -3.96. The molecule has 4 rings (SSSR count). The fourth-order valence-corrected chi connectivity index (χ4v) is 8.73. The Hall–Kier alpha value is -2.13. The molecule has 3 aromatic carbocycles. The summed E-state index contributed by atoms with van der Waals surface area (Å²) in [6.07, 6.45) is 0.509. The lowest BCUT2D eigenvalue weighted by molar-refractivity contribution is -0.142. The van der Waals surface area contributed by atoms with Crippen LogP contribution in [-0.4, -0.2) is 35.1 Å². The maximum absolute atomic E-state index is 14.1. The summed E-state index contributed by atoms with van der Waals surface area (Å²) in [6, 6.07) is 21.0. The summed E-state index contributed by atoms with van der Waals surface area (Å²) in [4.78, 5) is 13.0. The Morgan fingerprint density at radius 3 is 2.03 bits per heavy atom. The molecule has 1 aliphatic rings. The van der Waals surface area contributed by atoms with Crippen molar-refractivity contribution in [2.75, 3.05) is 0 Å². The first-order valence-corrected chi connectivity index (χ1v) is 15.2. The van der Waals surface area contributed by atoms with Crippen molar-refractivity contribution in [2.24, 2.45) is 5.92 Å². The molecular formula is C28H30BrNO4S2. The highest BCUT2D eigenvalue weighted by molar-refractivity contribution is 9.10. The molecule has 190 valence electrons. The summed E-state index contributed by atoms with van der Waals surface area (Å²) in [7, 11) is -3.96. The lowest BCUT2D eigenvalue weighted by atomic mass is 9.92. The van der Waals surface area contributed by atoms with Gasteiger partial charge in [0.05, 0.1) is 16.9 Å². The SMILES string of the molecule is CC[C@@H]1[C@@H](SCc2ccc(Br)cc2)[C@@H](C(=O)O)[C@H](c2ccc(C)cc2)N1S(=O)(=O)c1ccc(C)cc1. The number of thioether (sulfide) groups is 1. The summed E-state index contributed by atoms with van der Waals surface area (Å²) >= 11 is 4.98. The number of sulfonamides is 1. The van der Waals surface area contributed by atoms with Gasteiger partial charge in [0.15, 0.2) is 0 Å². The second kappa shape index (κ2) is 11.1. The third-order valence-electron chi connectivity index (χ3n) is 6.75. The number of aryl methyl sites for hydroxylation is 2. The molecule has 0 saturated carbocycles. The zero-order chi connectivity index (χ0) is 26.0. The van der Waals surface area contributed by atoms with Gasteiger partial charge in [-0.1, -0.05) is 82.5 Å². The highest BCUT2D eigenvalue weighted by Gasteiger charge is 2.56. The van der Waals surface area contributed by atoms with Gasteiger partial charge in [0.2, 0.25) is 10.0 Å². The fraction of sp³-hybridized carbons (Fsp3) is 0.321. The van der Waals surface area contributed by atoms with Gasteiger partial charge >= 0.3 is 5.97 Å². The fourth-order valence-electron chi connectivity index (χ4n) is 4.88. The lowest BCUT2D eigenvalue weighted by Crippen LogP contribution is -2.39. The van der Waals surface area contributed by atoms with E-state index in [0.717, 1.165) is 21.2 Å². The maximum atomic E-state index is 14.1. The van der Waals surface area contributed by atoms with Crippen LogP contribution in [0.4, 0.5) is 0 Å². The van der Waals surface area contributed by atoms with Crippen LogP contribution in [0.3, 0.4) is 0 Å². The van der Waals surface area contributed by atoms with Crippen LogP contribution in [0.15, 0.2) is 82.2 Å². The molecule has 0 amide bonds. The summed E-state index contributed by atoms with van der Waals surface area (Å²) in [5, 5.41) is 10.1. The van der Waals surface area contributed by atoms with Crippen molar-refractivity contribution < 1.29 is 18.3 Å². The molecule has 1 fully saturated rings. The Kier molecular flexibility index (Phi) is 8.29. The largest absolute Gasteiger partial charge is 0.481 e. The van der Waals surface area contributed by atoms with Gasteiger partial charge in [-0.05, 0) is 55.7 Å². The molecule has 0 spiro atoms. The molecular weight excluding hydrogens is 558 g/mol. The number of hydrogen-bond donors (Lipinski definition) is 1. The second-order valence-electron chi connectivity index (χ2n) is 9.25. The summed E-state index contributed by atoms with van der Waals surface area (Å²) < 4.78 is 30.7. The smallest absolute Gasteiger partial charge is 0.309 e. The van der Waals surface area contributed by atoms with Crippen LogP contribution < -0.4 is 0 Å². The van der Waals surface area contributed by atoms with E-state index in [2.05, 4.69) is 15.9 Å². The van der Waals surface area contributed by atoms with Crippen molar-refractivity contribution in [3.63, 3.8) is 0 Å². The Balaban J connectivity index is 1.82. The van der Waals surface area contributed by atoms with Crippen LogP contribution in [0.2, 0.25) is 0 Å². The number of carbonyl (C=O) groups is 1. The predicted octanol–water partition coefficient (Wildman–Crippen LogP) is 6.59. The zero-order valence-electron chi connectivity index (χ0n) is 20.5. The molecule has 5 nitrogen and oxygen atoms in total. The van der Waals surface area contributed by atoms with Crippen LogP contribution in [0, 0.1) is 19.8 Å². The monoisotopic (exact) mass is 587 g/mol. The van der Waals surface area contributed by atoms with E-state index in [1.54, 1.807) is 24.3 Å². The number of benzene rings is 3. The molecule has 1 heterocycles. The van der Waals surface area contributed by atoms with E-state index in [4.69, 9.17) is 0 Å². The van der Waals surface area contributed by atoms with Crippen LogP contribution >= 0.6 is 27.7 Å². The molecule has 4 atom stereocenters. The molecule has 0 bridgehead atoms. The summed E-state index contributed by atoms with van der Waals surface area (Å²) in [6.45, 7) is 5.80. The number of carboxylic acids is 1. The Bertz CT molecular complexity index is 1310. The first-order valence-electron chi connectivity index (χ1n) is 11.9. The third kappa shape index (κ3) is 5.42. The van der Waals surface area contributed by atoms with Crippen molar-refractivity contribution in [3.8, 4) is 0 Å². The standard InChI is InChI=1S/C28H30BrNO4S2/c1-4-24-27(35-17-20-9-13-22(29)14-10-20)25(28(31)32)26(21-11-5-18(2)6-12-21)30(24)36(33,34)23-15-7-19(3)8-16-23/h5-16,24-27H,4,17H2,1-3H3,(H,31,32)/t24-,25+,26+,27-/m1/s1. The lowest BCUT2D eigenvalue weighted by Gasteiger charge is -2.30. The first-order chi connectivity index (χ1) is 17.1. The van der Waals surface area contributed by atoms with Crippen LogP contribution in [0.5, 0.6) is 0 Å². The average Bonchev–Trinajstić information content (AvgIpc) is 3.19. The minimum absolute atomic E-state index is 0.186. The number of aliphatic carboxylic acids is 1. The second-order valence-corrected chi connectivity index (χ2v) is 13.2. The van der Waals surface area contributed by atoms with Crippen LogP contribution in [0.25, 0.3) is 0 Å². The molecule has 1 aliphatic heterocycles. The zero-order valence-corrected chi connectivity index (χ0v) is 23.7. The Labute approximate surface area is 226 Å². The number of rotatable bonds is 8. The normalized spacial score (nSPS) is 22.6. The molecule has 3 aromatic rings. The summed E-state index contributed by atoms with van der Waals surface area (Å²) in [5.74, 6) is -1.27. The maximum Gasteiger partial charge on any atom is 0.309 e. The van der Waals surface area contributed by atoms with E-state index in [-0.39, 0.29) is 4.90 Å². The number of carboxylic acid groups (broad SMARTS) is 1. The van der Waals surface area contributed by atoms with Gasteiger partial charge in [-0.15, -0.1) is 0 Å². The number of halogens is 1. The Morgan fingerprint density at radius 1 is 0.944 bits per heavy atom. The van der Waals surface area contributed by atoms with E-state index in [1.165, 1.54) is 16.1 Å². The number of hydrogen-bond acceptors (Lipinski definition) is 4. The summed E-state index contributed by atoms with van der Waals surface area (Å²) in [5.41, 5.74) is 3.76. The molecule has 1 saturated heterocycles. The molecule has 1 N–H and O–H groups in total. The molecule has 0 radical (unpaired) electrons. The highest BCUT2D eigenvalue weighted by Crippen LogP contribution is 2.50. The van der Waals surface area contributed by atoms with Gasteiger partial charge < -0.3 is 5.11 Å². The van der Waals surface area contributed by atoms with Crippen molar-refractivity contribution in [1.29, 1.82) is 0 Å². The first kappa shape index (κ1) is 26.9. The van der Waals surface area contributed by atoms with E-state index >= 15 is 0 Å². The molecule has 0 aromatic heterocycles. The quantitative estimate of drug-likeness (QED) is 0.321. The van der Waals surface area contributed by atoms with Gasteiger partial charge in [0.1, 0.15) is 0 Å². The number of nitrogens with zero attached hydrogens (tertiary/aromatic N) is 1. The van der Waals surface area contributed by atoms with Crippen LogP contribution in [-0.2, 0) is 20.6 Å². The van der Waals surface area contributed by atoms with Crippen molar-refractivity contribution in [1.82, 2.24) is 4.31 Å². The molecule has 36 heavy (non-hydrogen) atoms. The average molecular weight is 589 g/mol. The van der Waals surface area contributed by atoms with Crippen molar-refractivity contribution in [2.45, 2.75) is 55.2 Å². The van der Waals surface area contributed by atoms with E-state index in [0.29, 0.717) is 17.7 Å². The van der Waals surface area contributed by atoms with Gasteiger partial charge in [0, 0.05) is 21.5 Å². The molecule has 0 aliphatic carbocycles. The third-order valence-corrected chi connectivity index (χ3v) is 10.7. The van der Waals surface area contributed by atoms with E-state index in [9.17, 15) is 18.3 Å². The Morgan fingerprint density at radius 2 is 1.50 bits per heavy atom. The van der Waals surface area contributed by atoms with Crippen LogP contribution in [0.1, 0.15) is 41.6 Å².